The number of rotatable bonds is 5. The standard InChI is InChI=1S/C19H27N3O2/c23-18-5-1-2-11-22(18)15-17-8-12-21(13-9-17)19(24)7-6-16-4-3-10-20-14-16/h3-4,10,14,17H,1-2,5-9,11-13,15H2. The number of piperidine rings is 2. The van der Waals surface area contributed by atoms with Crippen molar-refractivity contribution in [3.63, 3.8) is 0 Å². The third-order valence-electron chi connectivity index (χ3n) is 5.22. The number of nitrogens with zero attached hydrogens (tertiary/aromatic N) is 3. The molecule has 2 saturated heterocycles. The number of hydrogen-bond donors (Lipinski definition) is 0. The Kier molecular flexibility index (Phi) is 5.83. The molecule has 1 aromatic heterocycles. The van der Waals surface area contributed by atoms with Crippen molar-refractivity contribution in [3.8, 4) is 0 Å². The van der Waals surface area contributed by atoms with E-state index in [4.69, 9.17) is 0 Å². The first-order valence-electron chi connectivity index (χ1n) is 9.17. The van der Waals surface area contributed by atoms with Gasteiger partial charge in [0.05, 0.1) is 0 Å². The summed E-state index contributed by atoms with van der Waals surface area (Å²) in [6.45, 7) is 3.47. The molecule has 2 aliphatic rings. The van der Waals surface area contributed by atoms with E-state index in [1.54, 1.807) is 6.20 Å². The lowest BCUT2D eigenvalue weighted by atomic mass is 9.95. The van der Waals surface area contributed by atoms with Crippen molar-refractivity contribution < 1.29 is 9.59 Å². The van der Waals surface area contributed by atoms with Crippen LogP contribution in [0.3, 0.4) is 0 Å². The average molecular weight is 329 g/mol. The number of aryl methyl sites for hydroxylation is 1. The van der Waals surface area contributed by atoms with E-state index in [1.165, 1.54) is 0 Å². The van der Waals surface area contributed by atoms with Crippen LogP contribution in [-0.4, -0.2) is 52.8 Å². The number of hydrogen-bond acceptors (Lipinski definition) is 3. The molecule has 130 valence electrons. The zero-order valence-electron chi connectivity index (χ0n) is 14.3. The molecule has 2 amide bonds. The number of amides is 2. The Hall–Kier alpha value is -1.91. The van der Waals surface area contributed by atoms with Crippen LogP contribution < -0.4 is 0 Å². The fraction of sp³-hybridized carbons (Fsp3) is 0.632. The normalized spacial score (nSPS) is 19.6. The zero-order valence-corrected chi connectivity index (χ0v) is 14.3. The number of likely N-dealkylation sites (tertiary alicyclic amines) is 2. The molecule has 0 spiro atoms. The summed E-state index contributed by atoms with van der Waals surface area (Å²) < 4.78 is 0. The van der Waals surface area contributed by atoms with Gasteiger partial charge in [-0.25, -0.2) is 0 Å². The summed E-state index contributed by atoms with van der Waals surface area (Å²) in [5.74, 6) is 1.11. The van der Waals surface area contributed by atoms with Gasteiger partial charge >= 0.3 is 0 Å². The molecule has 0 bridgehead atoms. The Morgan fingerprint density at radius 2 is 2.04 bits per heavy atom. The quantitative estimate of drug-likeness (QED) is 0.833. The van der Waals surface area contributed by atoms with Crippen molar-refractivity contribution in [2.24, 2.45) is 5.92 Å². The van der Waals surface area contributed by atoms with Gasteiger partial charge < -0.3 is 9.80 Å². The van der Waals surface area contributed by atoms with Gasteiger partial charge in [-0.3, -0.25) is 14.6 Å². The van der Waals surface area contributed by atoms with Crippen LogP contribution in [0.2, 0.25) is 0 Å². The van der Waals surface area contributed by atoms with Crippen LogP contribution in [0.15, 0.2) is 24.5 Å². The fourth-order valence-corrected chi connectivity index (χ4v) is 3.69. The zero-order chi connectivity index (χ0) is 16.8. The summed E-state index contributed by atoms with van der Waals surface area (Å²) in [6, 6.07) is 3.93. The summed E-state index contributed by atoms with van der Waals surface area (Å²) >= 11 is 0. The van der Waals surface area contributed by atoms with Gasteiger partial charge in [-0.05, 0) is 49.7 Å². The van der Waals surface area contributed by atoms with E-state index in [1.807, 2.05) is 28.1 Å². The maximum absolute atomic E-state index is 12.4. The summed E-state index contributed by atoms with van der Waals surface area (Å²) in [7, 11) is 0. The predicted molar refractivity (Wildman–Crippen MR) is 92.3 cm³/mol. The highest BCUT2D eigenvalue weighted by Gasteiger charge is 2.26. The molecule has 1 aromatic rings. The predicted octanol–water partition coefficient (Wildman–Crippen LogP) is 2.27. The average Bonchev–Trinajstić information content (AvgIpc) is 2.63. The van der Waals surface area contributed by atoms with Crippen molar-refractivity contribution in [3.05, 3.63) is 30.1 Å². The summed E-state index contributed by atoms with van der Waals surface area (Å²) in [5.41, 5.74) is 1.12. The molecule has 0 unspecified atom stereocenters. The molecule has 0 saturated carbocycles. The first-order valence-corrected chi connectivity index (χ1v) is 9.17. The minimum atomic E-state index is 0.242. The number of aromatic nitrogens is 1. The molecule has 2 aliphatic heterocycles. The number of carbonyl (C=O) groups is 2. The van der Waals surface area contributed by atoms with Gasteiger partial charge in [-0.15, -0.1) is 0 Å². The maximum atomic E-state index is 12.4. The maximum Gasteiger partial charge on any atom is 0.222 e. The monoisotopic (exact) mass is 329 g/mol. The molecule has 2 fully saturated rings. The van der Waals surface area contributed by atoms with Gasteiger partial charge in [0.2, 0.25) is 11.8 Å². The minimum Gasteiger partial charge on any atom is -0.343 e. The van der Waals surface area contributed by atoms with Crippen LogP contribution in [0, 0.1) is 5.92 Å². The van der Waals surface area contributed by atoms with Gasteiger partial charge in [0.15, 0.2) is 0 Å². The summed E-state index contributed by atoms with van der Waals surface area (Å²) in [4.78, 5) is 32.4. The van der Waals surface area contributed by atoms with Crippen molar-refractivity contribution in [1.82, 2.24) is 14.8 Å². The molecular formula is C19H27N3O2. The number of pyridine rings is 1. The van der Waals surface area contributed by atoms with E-state index in [9.17, 15) is 9.59 Å². The van der Waals surface area contributed by atoms with E-state index in [0.29, 0.717) is 24.7 Å². The Morgan fingerprint density at radius 3 is 2.75 bits per heavy atom. The van der Waals surface area contributed by atoms with E-state index in [2.05, 4.69) is 4.98 Å². The van der Waals surface area contributed by atoms with Crippen LogP contribution >= 0.6 is 0 Å². The molecule has 0 N–H and O–H groups in total. The lowest BCUT2D eigenvalue weighted by Crippen LogP contribution is -2.44. The van der Waals surface area contributed by atoms with Crippen LogP contribution in [0.25, 0.3) is 0 Å². The first-order chi connectivity index (χ1) is 11.7. The molecule has 0 aliphatic carbocycles. The van der Waals surface area contributed by atoms with Crippen LogP contribution in [-0.2, 0) is 16.0 Å². The van der Waals surface area contributed by atoms with Gasteiger partial charge in [-0.2, -0.15) is 0 Å². The highest BCUT2D eigenvalue weighted by molar-refractivity contribution is 5.77. The van der Waals surface area contributed by atoms with Crippen molar-refractivity contribution >= 4 is 11.8 Å². The highest BCUT2D eigenvalue weighted by atomic mass is 16.2. The van der Waals surface area contributed by atoms with Gasteiger partial charge in [0.1, 0.15) is 0 Å². The second kappa shape index (κ2) is 8.27. The Bertz CT molecular complexity index is 553. The first kappa shape index (κ1) is 16.9. The second-order valence-electron chi connectivity index (χ2n) is 6.98. The van der Waals surface area contributed by atoms with E-state index in [-0.39, 0.29) is 5.91 Å². The molecule has 0 radical (unpaired) electrons. The van der Waals surface area contributed by atoms with Crippen molar-refractivity contribution in [2.75, 3.05) is 26.2 Å². The second-order valence-corrected chi connectivity index (χ2v) is 6.98. The van der Waals surface area contributed by atoms with Gasteiger partial charge in [0.25, 0.3) is 0 Å². The number of carbonyl (C=O) groups excluding carboxylic acids is 2. The smallest absolute Gasteiger partial charge is 0.222 e. The van der Waals surface area contributed by atoms with Gasteiger partial charge in [-0.1, -0.05) is 6.07 Å². The lowest BCUT2D eigenvalue weighted by Gasteiger charge is -2.36. The molecule has 3 heterocycles. The lowest BCUT2D eigenvalue weighted by molar-refractivity contribution is -0.136. The Labute approximate surface area is 144 Å². The molecule has 24 heavy (non-hydrogen) atoms. The SMILES string of the molecule is O=C(CCc1cccnc1)N1CCC(CN2CCCCC2=O)CC1. The summed E-state index contributed by atoms with van der Waals surface area (Å²) in [6.07, 6.45) is 9.82. The molecule has 0 atom stereocenters. The molecule has 3 rings (SSSR count). The topological polar surface area (TPSA) is 53.5 Å². The minimum absolute atomic E-state index is 0.242. The van der Waals surface area contributed by atoms with Crippen LogP contribution in [0.5, 0.6) is 0 Å². The Balaban J connectivity index is 1.39. The van der Waals surface area contributed by atoms with E-state index >= 15 is 0 Å². The van der Waals surface area contributed by atoms with Crippen LogP contribution in [0.1, 0.15) is 44.1 Å². The molecule has 5 heteroatoms. The van der Waals surface area contributed by atoms with Crippen molar-refractivity contribution in [2.45, 2.75) is 44.9 Å². The molecule has 5 nitrogen and oxygen atoms in total. The molecule has 0 aromatic carbocycles. The fourth-order valence-electron chi connectivity index (χ4n) is 3.69. The largest absolute Gasteiger partial charge is 0.343 e. The summed E-state index contributed by atoms with van der Waals surface area (Å²) in [5, 5.41) is 0. The Morgan fingerprint density at radius 1 is 1.21 bits per heavy atom. The third-order valence-corrected chi connectivity index (χ3v) is 5.22. The van der Waals surface area contributed by atoms with Crippen LogP contribution in [0.4, 0.5) is 0 Å². The molecular weight excluding hydrogens is 302 g/mol. The third kappa shape index (κ3) is 4.56. The highest BCUT2D eigenvalue weighted by Crippen LogP contribution is 2.21. The van der Waals surface area contributed by atoms with E-state index < -0.39 is 0 Å². The van der Waals surface area contributed by atoms with E-state index in [0.717, 1.165) is 63.8 Å². The van der Waals surface area contributed by atoms with Crippen molar-refractivity contribution in [1.29, 1.82) is 0 Å². The van der Waals surface area contributed by atoms with Gasteiger partial charge in [0, 0.05) is 51.4 Å².